The molecule has 0 atom stereocenters. The van der Waals surface area contributed by atoms with Gasteiger partial charge in [-0.3, -0.25) is 4.79 Å². The van der Waals surface area contributed by atoms with E-state index in [1.165, 1.54) is 0 Å². The Morgan fingerprint density at radius 3 is 2.91 bits per heavy atom. The van der Waals surface area contributed by atoms with Crippen LogP contribution in [0.5, 0.6) is 11.5 Å². The zero-order chi connectivity index (χ0) is 14.9. The van der Waals surface area contributed by atoms with Crippen LogP contribution < -0.4 is 14.8 Å². The fourth-order valence-corrected chi connectivity index (χ4v) is 2.82. The van der Waals surface area contributed by atoms with Gasteiger partial charge in [-0.05, 0) is 35.9 Å². The number of ether oxygens (including phenoxy) is 2. The predicted molar refractivity (Wildman–Crippen MR) is 84.2 cm³/mol. The zero-order valence-corrected chi connectivity index (χ0v) is 12.0. The molecule has 4 heteroatoms. The Morgan fingerprint density at radius 1 is 1.05 bits per heavy atom. The molecule has 0 radical (unpaired) electrons. The highest BCUT2D eigenvalue weighted by atomic mass is 16.5. The lowest BCUT2D eigenvalue weighted by Crippen LogP contribution is -2.17. The molecular weight excluding hydrogens is 278 g/mol. The van der Waals surface area contributed by atoms with E-state index >= 15 is 0 Å². The quantitative estimate of drug-likeness (QED) is 0.926. The number of fused-ring (bicyclic) bond motifs is 2. The highest BCUT2D eigenvalue weighted by Gasteiger charge is 2.20. The highest BCUT2D eigenvalue weighted by molar-refractivity contribution is 6.26. The lowest BCUT2D eigenvalue weighted by molar-refractivity contribution is -0.111. The number of benzene rings is 2. The third kappa shape index (κ3) is 2.22. The van der Waals surface area contributed by atoms with Crippen molar-refractivity contribution in [2.75, 3.05) is 18.5 Å². The van der Waals surface area contributed by atoms with Crippen molar-refractivity contribution >= 4 is 17.2 Å². The summed E-state index contributed by atoms with van der Waals surface area (Å²) < 4.78 is 11.0. The molecule has 2 aliphatic rings. The van der Waals surface area contributed by atoms with E-state index in [-0.39, 0.29) is 5.91 Å². The largest absolute Gasteiger partial charge is 0.493 e. The van der Waals surface area contributed by atoms with Gasteiger partial charge in [-0.15, -0.1) is 0 Å². The molecule has 1 amide bonds. The normalized spacial score (nSPS) is 15.0. The summed E-state index contributed by atoms with van der Waals surface area (Å²) in [5, 5.41) is 2.96. The maximum Gasteiger partial charge on any atom is 0.256 e. The number of amides is 1. The van der Waals surface area contributed by atoms with Gasteiger partial charge >= 0.3 is 0 Å². The van der Waals surface area contributed by atoms with E-state index in [1.807, 2.05) is 48.5 Å². The fourth-order valence-electron chi connectivity index (χ4n) is 2.82. The van der Waals surface area contributed by atoms with Crippen molar-refractivity contribution < 1.29 is 14.3 Å². The van der Waals surface area contributed by atoms with E-state index in [9.17, 15) is 4.79 Å². The first kappa shape index (κ1) is 13.0. The molecule has 22 heavy (non-hydrogen) atoms. The van der Waals surface area contributed by atoms with Gasteiger partial charge in [-0.25, -0.2) is 0 Å². The molecule has 4 rings (SSSR count). The molecule has 2 aliphatic heterocycles. The minimum atomic E-state index is -0.116. The maximum atomic E-state index is 12.6. The van der Waals surface area contributed by atoms with Crippen molar-refractivity contribution in [3.8, 4) is 11.5 Å². The van der Waals surface area contributed by atoms with E-state index < -0.39 is 0 Å². The number of rotatable bonds is 2. The molecule has 0 saturated carbocycles. The van der Waals surface area contributed by atoms with E-state index in [2.05, 4.69) is 5.32 Å². The average molecular weight is 293 g/mol. The third-order valence-electron chi connectivity index (χ3n) is 3.90. The molecule has 2 heterocycles. The summed E-state index contributed by atoms with van der Waals surface area (Å²) in [6.07, 6.45) is 2.70. The number of hydrogen-bond donors (Lipinski definition) is 1. The second-order valence-electron chi connectivity index (χ2n) is 5.30. The Hall–Kier alpha value is -2.75. The predicted octanol–water partition coefficient (Wildman–Crippen LogP) is 3.04. The van der Waals surface area contributed by atoms with Crippen LogP contribution in [0.4, 0.5) is 5.69 Å². The van der Waals surface area contributed by atoms with Crippen LogP contribution in [0.3, 0.4) is 0 Å². The Balaban J connectivity index is 1.59. The summed E-state index contributed by atoms with van der Waals surface area (Å²) in [5.41, 5.74) is 3.41. The van der Waals surface area contributed by atoms with Crippen LogP contribution in [0.15, 0.2) is 48.5 Å². The SMILES string of the molecule is O=C(Nc1ccc2c(c1)CCO2)C1=CCOc2ccccc21. The van der Waals surface area contributed by atoms with Gasteiger partial charge < -0.3 is 14.8 Å². The lowest BCUT2D eigenvalue weighted by atomic mass is 10.0. The van der Waals surface area contributed by atoms with Crippen molar-refractivity contribution in [3.05, 3.63) is 59.7 Å². The van der Waals surface area contributed by atoms with Crippen LogP contribution in [0.1, 0.15) is 11.1 Å². The molecule has 2 aromatic carbocycles. The van der Waals surface area contributed by atoms with Gasteiger partial charge in [0.2, 0.25) is 0 Å². The first-order valence-electron chi connectivity index (χ1n) is 7.31. The molecule has 0 saturated heterocycles. The van der Waals surface area contributed by atoms with Gasteiger partial charge in [0.25, 0.3) is 5.91 Å². The summed E-state index contributed by atoms with van der Waals surface area (Å²) in [6, 6.07) is 13.3. The van der Waals surface area contributed by atoms with Crippen LogP contribution in [-0.4, -0.2) is 19.1 Å². The molecule has 0 aliphatic carbocycles. The molecule has 0 spiro atoms. The van der Waals surface area contributed by atoms with Crippen LogP contribution in [0.2, 0.25) is 0 Å². The molecule has 2 aromatic rings. The minimum Gasteiger partial charge on any atom is -0.493 e. The van der Waals surface area contributed by atoms with Crippen molar-refractivity contribution in [2.24, 2.45) is 0 Å². The summed E-state index contributed by atoms with van der Waals surface area (Å²) in [5.74, 6) is 1.54. The number of para-hydroxylation sites is 1. The van der Waals surface area contributed by atoms with E-state index in [0.717, 1.165) is 34.7 Å². The van der Waals surface area contributed by atoms with Gasteiger partial charge in [0.05, 0.1) is 6.61 Å². The van der Waals surface area contributed by atoms with E-state index in [4.69, 9.17) is 9.47 Å². The monoisotopic (exact) mass is 293 g/mol. The Labute approximate surface area is 128 Å². The first-order valence-corrected chi connectivity index (χ1v) is 7.31. The number of nitrogens with one attached hydrogen (secondary N) is 1. The van der Waals surface area contributed by atoms with Gasteiger partial charge in [-0.1, -0.05) is 18.2 Å². The minimum absolute atomic E-state index is 0.116. The lowest BCUT2D eigenvalue weighted by Gasteiger charge is -2.18. The number of carbonyl (C=O) groups excluding carboxylic acids is 1. The Morgan fingerprint density at radius 2 is 1.95 bits per heavy atom. The van der Waals surface area contributed by atoms with Gasteiger partial charge in [-0.2, -0.15) is 0 Å². The fraction of sp³-hybridized carbons (Fsp3) is 0.167. The van der Waals surface area contributed by atoms with Crippen molar-refractivity contribution in [3.63, 3.8) is 0 Å². The summed E-state index contributed by atoms with van der Waals surface area (Å²) in [6.45, 7) is 1.13. The topological polar surface area (TPSA) is 47.6 Å². The molecule has 0 aromatic heterocycles. The maximum absolute atomic E-state index is 12.6. The Kier molecular flexibility index (Phi) is 3.07. The van der Waals surface area contributed by atoms with E-state index in [0.29, 0.717) is 18.8 Å². The van der Waals surface area contributed by atoms with Gasteiger partial charge in [0, 0.05) is 23.2 Å². The summed E-state index contributed by atoms with van der Waals surface area (Å²) >= 11 is 0. The van der Waals surface area contributed by atoms with Crippen LogP contribution in [-0.2, 0) is 11.2 Å². The van der Waals surface area contributed by atoms with Gasteiger partial charge in [0.1, 0.15) is 18.1 Å². The number of hydrogen-bond acceptors (Lipinski definition) is 3. The molecule has 110 valence electrons. The number of carbonyl (C=O) groups is 1. The average Bonchev–Trinajstić information content (AvgIpc) is 3.02. The summed E-state index contributed by atoms with van der Waals surface area (Å²) in [7, 11) is 0. The third-order valence-corrected chi connectivity index (χ3v) is 3.90. The molecule has 4 nitrogen and oxygen atoms in total. The standard InChI is InChI=1S/C18H15NO3/c20-18(15-8-10-22-17-4-2-1-3-14(15)17)19-13-5-6-16-12(11-13)7-9-21-16/h1-6,8,11H,7,9-10H2,(H,19,20). The molecule has 0 bridgehead atoms. The molecule has 0 unspecified atom stereocenters. The van der Waals surface area contributed by atoms with Crippen molar-refractivity contribution in [1.29, 1.82) is 0 Å². The highest BCUT2D eigenvalue weighted by Crippen LogP contribution is 2.31. The Bertz CT molecular complexity index is 780. The van der Waals surface area contributed by atoms with Crippen LogP contribution in [0, 0.1) is 0 Å². The first-order chi connectivity index (χ1) is 10.8. The zero-order valence-electron chi connectivity index (χ0n) is 12.0. The van der Waals surface area contributed by atoms with Crippen molar-refractivity contribution in [1.82, 2.24) is 0 Å². The molecule has 0 fully saturated rings. The van der Waals surface area contributed by atoms with Crippen molar-refractivity contribution in [2.45, 2.75) is 6.42 Å². The molecule has 1 N–H and O–H groups in total. The number of anilines is 1. The smallest absolute Gasteiger partial charge is 0.256 e. The van der Waals surface area contributed by atoms with Crippen LogP contribution >= 0.6 is 0 Å². The van der Waals surface area contributed by atoms with E-state index in [1.54, 1.807) is 0 Å². The second-order valence-corrected chi connectivity index (χ2v) is 5.30. The second kappa shape index (κ2) is 5.22. The van der Waals surface area contributed by atoms with Gasteiger partial charge in [0.15, 0.2) is 0 Å². The molecular formula is C18H15NO3. The summed E-state index contributed by atoms with van der Waals surface area (Å²) in [4.78, 5) is 12.6. The van der Waals surface area contributed by atoms with Crippen LogP contribution in [0.25, 0.3) is 5.57 Å².